The average Bonchev–Trinajstić information content (AvgIpc) is 3.58. The molecule has 0 aromatic rings. The van der Waals surface area contributed by atoms with Crippen molar-refractivity contribution in [2.24, 2.45) is 11.8 Å². The molecule has 7 nitrogen and oxygen atoms in total. The Morgan fingerprint density at radius 2 is 1.77 bits per heavy atom. The van der Waals surface area contributed by atoms with Crippen molar-refractivity contribution in [3.63, 3.8) is 0 Å². The fourth-order valence-corrected chi connectivity index (χ4v) is 4.53. The Hall–Kier alpha value is -0.800. The SMILES string of the molecule is CC[C@H](OC)[C@@H](C)[C@H]1O[C@@H]1[C@H](O)[C@@H](C)/C=C/C=C(\C)[C@@H]1O[C@@H](OC)C[C@H](OC)[C@@H]1OC. The highest BCUT2D eigenvalue weighted by Gasteiger charge is 2.50. The molecule has 2 fully saturated rings. The highest BCUT2D eigenvalue weighted by atomic mass is 16.7. The second-order valence-electron chi connectivity index (χ2n) is 8.68. The molecule has 2 aliphatic heterocycles. The van der Waals surface area contributed by atoms with Gasteiger partial charge in [0.25, 0.3) is 0 Å². The van der Waals surface area contributed by atoms with Gasteiger partial charge in [0.1, 0.15) is 18.3 Å². The van der Waals surface area contributed by atoms with Gasteiger partial charge in [-0.25, -0.2) is 0 Å². The normalized spacial score (nSPS) is 35.7. The molecule has 180 valence electrons. The standard InChI is InChI=1S/C24H42O7/c1-9-17(26-5)16(4)22-24(31-22)20(25)14(2)11-10-12-15(3)21-23(29-8)18(27-6)13-19(28-7)30-21/h10-12,14,16-25H,9,13H2,1-8H3/b11-10+,15-12+/t14-,16+,17-,18-,19+,20+,21-,22+,23-,24+/m0/s1. The molecule has 0 aliphatic carbocycles. The molecule has 0 aromatic heterocycles. The summed E-state index contributed by atoms with van der Waals surface area (Å²) in [6, 6.07) is 0. The van der Waals surface area contributed by atoms with Crippen LogP contribution >= 0.6 is 0 Å². The lowest BCUT2D eigenvalue weighted by Gasteiger charge is -2.40. The van der Waals surface area contributed by atoms with Crippen LogP contribution in [0.15, 0.2) is 23.8 Å². The third-order valence-electron chi connectivity index (χ3n) is 6.69. The first kappa shape index (κ1) is 26.5. The number of aliphatic hydroxyl groups excluding tert-OH is 1. The van der Waals surface area contributed by atoms with Crippen LogP contribution in [0.25, 0.3) is 0 Å². The summed E-state index contributed by atoms with van der Waals surface area (Å²) in [4.78, 5) is 0. The van der Waals surface area contributed by atoms with Crippen molar-refractivity contribution in [2.75, 3.05) is 28.4 Å². The molecule has 10 atom stereocenters. The zero-order valence-corrected chi connectivity index (χ0v) is 20.3. The third kappa shape index (κ3) is 6.60. The smallest absolute Gasteiger partial charge is 0.160 e. The molecule has 7 heteroatoms. The molecular formula is C24H42O7. The zero-order chi connectivity index (χ0) is 23.1. The lowest BCUT2D eigenvalue weighted by Crippen LogP contribution is -2.51. The van der Waals surface area contributed by atoms with Crippen LogP contribution in [-0.2, 0) is 28.4 Å². The van der Waals surface area contributed by atoms with Gasteiger partial charge in [0, 0.05) is 46.7 Å². The summed E-state index contributed by atoms with van der Waals surface area (Å²) in [5.74, 6) is 0.211. The molecule has 0 radical (unpaired) electrons. The van der Waals surface area contributed by atoms with Crippen LogP contribution in [0.5, 0.6) is 0 Å². The largest absolute Gasteiger partial charge is 0.390 e. The number of epoxide rings is 1. The van der Waals surface area contributed by atoms with E-state index in [2.05, 4.69) is 13.8 Å². The molecule has 2 heterocycles. The van der Waals surface area contributed by atoms with Crippen molar-refractivity contribution in [2.45, 2.75) is 89.6 Å². The molecule has 1 N–H and O–H groups in total. The Morgan fingerprint density at radius 3 is 2.32 bits per heavy atom. The maximum atomic E-state index is 10.7. The summed E-state index contributed by atoms with van der Waals surface area (Å²) in [5.41, 5.74) is 1.01. The van der Waals surface area contributed by atoms with E-state index >= 15 is 0 Å². The van der Waals surface area contributed by atoms with E-state index in [1.807, 2.05) is 32.1 Å². The van der Waals surface area contributed by atoms with Gasteiger partial charge in [-0.05, 0) is 18.9 Å². The minimum absolute atomic E-state index is 0.0437. The topological polar surface area (TPSA) is 78.9 Å². The first-order chi connectivity index (χ1) is 14.8. The van der Waals surface area contributed by atoms with Crippen LogP contribution < -0.4 is 0 Å². The van der Waals surface area contributed by atoms with Crippen molar-refractivity contribution in [1.82, 2.24) is 0 Å². The highest BCUT2D eigenvalue weighted by molar-refractivity contribution is 5.18. The van der Waals surface area contributed by atoms with Crippen LogP contribution in [0.1, 0.15) is 40.5 Å². The van der Waals surface area contributed by atoms with E-state index in [4.69, 9.17) is 28.4 Å². The van der Waals surface area contributed by atoms with Crippen molar-refractivity contribution >= 4 is 0 Å². The second-order valence-corrected chi connectivity index (χ2v) is 8.68. The number of rotatable bonds is 12. The molecule has 0 unspecified atom stereocenters. The third-order valence-corrected chi connectivity index (χ3v) is 6.69. The molecule has 0 amide bonds. The molecule has 2 rings (SSSR count). The van der Waals surface area contributed by atoms with Gasteiger partial charge in [-0.2, -0.15) is 0 Å². The van der Waals surface area contributed by atoms with Crippen LogP contribution in [0.3, 0.4) is 0 Å². The number of methoxy groups -OCH3 is 4. The van der Waals surface area contributed by atoms with Crippen molar-refractivity contribution in [1.29, 1.82) is 0 Å². The van der Waals surface area contributed by atoms with E-state index in [-0.39, 0.29) is 54.7 Å². The second kappa shape index (κ2) is 12.4. The van der Waals surface area contributed by atoms with Crippen LogP contribution in [-0.4, -0.2) is 82.6 Å². The van der Waals surface area contributed by atoms with Crippen molar-refractivity contribution < 1.29 is 33.5 Å². The van der Waals surface area contributed by atoms with Crippen LogP contribution in [0, 0.1) is 11.8 Å². The van der Waals surface area contributed by atoms with E-state index in [0.29, 0.717) is 6.42 Å². The van der Waals surface area contributed by atoms with Gasteiger partial charge in [-0.15, -0.1) is 0 Å². The van der Waals surface area contributed by atoms with Crippen molar-refractivity contribution in [3.8, 4) is 0 Å². The summed E-state index contributed by atoms with van der Waals surface area (Å²) in [6.07, 6.45) is 6.08. The van der Waals surface area contributed by atoms with E-state index in [1.165, 1.54) is 0 Å². The summed E-state index contributed by atoms with van der Waals surface area (Å²) >= 11 is 0. The fraction of sp³-hybridized carbons (Fsp3) is 0.833. The molecule has 2 aliphatic rings. The summed E-state index contributed by atoms with van der Waals surface area (Å²) in [7, 11) is 6.71. The molecule has 0 saturated carbocycles. The van der Waals surface area contributed by atoms with E-state index in [9.17, 15) is 5.11 Å². The molecule has 0 aromatic carbocycles. The maximum Gasteiger partial charge on any atom is 0.160 e. The van der Waals surface area contributed by atoms with Gasteiger partial charge in [-0.1, -0.05) is 39.0 Å². The Morgan fingerprint density at radius 1 is 1.06 bits per heavy atom. The summed E-state index contributed by atoms with van der Waals surface area (Å²) < 4.78 is 34.0. The molecule has 2 saturated heterocycles. The fourth-order valence-electron chi connectivity index (χ4n) is 4.53. The number of allylic oxidation sites excluding steroid dienone is 2. The molecular weight excluding hydrogens is 400 g/mol. The zero-order valence-electron chi connectivity index (χ0n) is 20.3. The number of hydrogen-bond acceptors (Lipinski definition) is 7. The molecule has 31 heavy (non-hydrogen) atoms. The summed E-state index contributed by atoms with van der Waals surface area (Å²) in [5, 5.41) is 10.7. The van der Waals surface area contributed by atoms with Crippen LogP contribution in [0.4, 0.5) is 0 Å². The predicted octanol–water partition coefficient (Wildman–Crippen LogP) is 3.11. The average molecular weight is 443 g/mol. The van der Waals surface area contributed by atoms with E-state index in [1.54, 1.807) is 28.4 Å². The van der Waals surface area contributed by atoms with Gasteiger partial charge in [0.15, 0.2) is 6.29 Å². The molecule has 0 bridgehead atoms. The van der Waals surface area contributed by atoms with Crippen LogP contribution in [0.2, 0.25) is 0 Å². The van der Waals surface area contributed by atoms with Gasteiger partial charge in [0.2, 0.25) is 0 Å². The van der Waals surface area contributed by atoms with E-state index in [0.717, 1.165) is 12.0 Å². The Kier molecular flexibility index (Phi) is 10.6. The minimum Gasteiger partial charge on any atom is -0.390 e. The Bertz CT molecular complexity index is 588. The van der Waals surface area contributed by atoms with Gasteiger partial charge in [-0.3, -0.25) is 0 Å². The predicted molar refractivity (Wildman–Crippen MR) is 119 cm³/mol. The number of ether oxygens (including phenoxy) is 6. The number of aliphatic hydroxyl groups is 1. The van der Waals surface area contributed by atoms with Gasteiger partial charge < -0.3 is 33.5 Å². The van der Waals surface area contributed by atoms with E-state index < -0.39 is 6.10 Å². The lowest BCUT2D eigenvalue weighted by molar-refractivity contribution is -0.241. The highest BCUT2D eigenvalue weighted by Crippen LogP contribution is 2.37. The maximum absolute atomic E-state index is 10.7. The Labute approximate surface area is 187 Å². The first-order valence-corrected chi connectivity index (χ1v) is 11.3. The minimum atomic E-state index is -0.555. The number of hydrogen-bond donors (Lipinski definition) is 1. The Balaban J connectivity index is 1.96. The van der Waals surface area contributed by atoms with Gasteiger partial charge >= 0.3 is 0 Å². The lowest BCUT2D eigenvalue weighted by atomic mass is 9.91. The van der Waals surface area contributed by atoms with Gasteiger partial charge in [0.05, 0.1) is 24.4 Å². The summed E-state index contributed by atoms with van der Waals surface area (Å²) in [6.45, 7) is 8.23. The monoisotopic (exact) mass is 442 g/mol. The molecule has 0 spiro atoms. The quantitative estimate of drug-likeness (QED) is 0.367. The first-order valence-electron chi connectivity index (χ1n) is 11.3. The van der Waals surface area contributed by atoms with Crippen molar-refractivity contribution in [3.05, 3.63) is 23.8 Å².